The van der Waals surface area contributed by atoms with E-state index < -0.39 is 35.3 Å². The molecule has 0 unspecified atom stereocenters. The van der Waals surface area contributed by atoms with Crippen LogP contribution in [0.4, 0.5) is 25.0 Å². The lowest BCUT2D eigenvalue weighted by atomic mass is 9.96. The normalized spacial score (nSPS) is 17.0. The van der Waals surface area contributed by atoms with Gasteiger partial charge < -0.3 is 15.5 Å². The van der Waals surface area contributed by atoms with E-state index in [1.165, 1.54) is 18.5 Å². The molecule has 2 heterocycles. The molecule has 1 aromatic carbocycles. The first-order valence-electron chi connectivity index (χ1n) is 8.82. The van der Waals surface area contributed by atoms with Crippen LogP contribution in [0.2, 0.25) is 0 Å². The Kier molecular flexibility index (Phi) is 5.26. The highest BCUT2D eigenvalue weighted by molar-refractivity contribution is 6.02. The Hall–Kier alpha value is -3.10. The van der Waals surface area contributed by atoms with E-state index in [0.29, 0.717) is 11.5 Å². The minimum Gasteiger partial charge on any atom is -0.326 e. The second-order valence-corrected chi connectivity index (χ2v) is 7.55. The maximum absolute atomic E-state index is 13.9. The largest absolute Gasteiger partial charge is 0.326 e. The van der Waals surface area contributed by atoms with Gasteiger partial charge in [0.2, 0.25) is 5.91 Å². The number of rotatable bonds is 3. The monoisotopic (exact) mass is 389 g/mol. The fourth-order valence-electron chi connectivity index (χ4n) is 2.89. The molecular weight excluding hydrogens is 368 g/mol. The third-order valence-electron chi connectivity index (χ3n) is 4.30. The molecule has 2 N–H and O–H groups in total. The van der Waals surface area contributed by atoms with E-state index in [2.05, 4.69) is 20.6 Å². The first-order chi connectivity index (χ1) is 13.2. The van der Waals surface area contributed by atoms with Crippen LogP contribution in [-0.2, 0) is 10.2 Å². The van der Waals surface area contributed by atoms with Gasteiger partial charge in [-0.1, -0.05) is 26.8 Å². The summed E-state index contributed by atoms with van der Waals surface area (Å²) in [6, 6.07) is 1.89. The number of urea groups is 1. The fraction of sp³-hybridized carbons (Fsp3) is 0.368. The molecule has 7 nitrogen and oxygen atoms in total. The average molecular weight is 389 g/mol. The molecule has 0 aliphatic carbocycles. The van der Waals surface area contributed by atoms with Crippen LogP contribution in [0, 0.1) is 11.6 Å². The summed E-state index contributed by atoms with van der Waals surface area (Å²) < 4.78 is 27.8. The topological polar surface area (TPSA) is 87.2 Å². The number of nitrogens with one attached hydrogen (secondary N) is 2. The lowest BCUT2D eigenvalue weighted by Crippen LogP contribution is -2.43. The number of carbonyl (C=O) groups is 2. The van der Waals surface area contributed by atoms with E-state index in [9.17, 15) is 18.4 Å². The average Bonchev–Trinajstić information content (AvgIpc) is 2.95. The highest BCUT2D eigenvalue weighted by atomic mass is 19.1. The Balaban J connectivity index is 1.63. The predicted octanol–water partition coefficient (Wildman–Crippen LogP) is 2.98. The van der Waals surface area contributed by atoms with Crippen LogP contribution in [0.15, 0.2) is 30.6 Å². The van der Waals surface area contributed by atoms with Crippen molar-refractivity contribution in [1.29, 1.82) is 0 Å². The van der Waals surface area contributed by atoms with Crippen molar-refractivity contribution < 1.29 is 18.4 Å². The van der Waals surface area contributed by atoms with Gasteiger partial charge in [0.25, 0.3) is 0 Å². The molecule has 1 aliphatic heterocycles. The van der Waals surface area contributed by atoms with E-state index in [1.54, 1.807) is 0 Å². The summed E-state index contributed by atoms with van der Waals surface area (Å²) in [6.45, 7) is 6.01. The zero-order chi connectivity index (χ0) is 20.5. The minimum absolute atomic E-state index is 0.102. The van der Waals surface area contributed by atoms with Crippen molar-refractivity contribution in [3.05, 3.63) is 48.1 Å². The summed E-state index contributed by atoms with van der Waals surface area (Å²) >= 11 is 0. The summed E-state index contributed by atoms with van der Waals surface area (Å²) in [5.41, 5.74) is -0.251. The number of halogens is 2. The molecule has 2 aromatic rings. The molecule has 1 fully saturated rings. The van der Waals surface area contributed by atoms with E-state index in [-0.39, 0.29) is 18.4 Å². The van der Waals surface area contributed by atoms with Crippen molar-refractivity contribution in [3.63, 3.8) is 0 Å². The molecule has 0 radical (unpaired) electrons. The number of para-hydroxylation sites is 1. The summed E-state index contributed by atoms with van der Waals surface area (Å²) in [5, 5.41) is 5.07. The van der Waals surface area contributed by atoms with E-state index in [4.69, 9.17) is 0 Å². The molecule has 1 aromatic heterocycles. The number of aromatic nitrogens is 2. The van der Waals surface area contributed by atoms with Crippen LogP contribution < -0.4 is 15.5 Å². The molecule has 1 saturated heterocycles. The lowest BCUT2D eigenvalue weighted by Gasteiger charge is -2.19. The summed E-state index contributed by atoms with van der Waals surface area (Å²) in [5.74, 6) is -1.59. The molecule has 0 bridgehead atoms. The summed E-state index contributed by atoms with van der Waals surface area (Å²) in [4.78, 5) is 34.1. The Labute approximate surface area is 161 Å². The Bertz CT molecular complexity index is 876. The van der Waals surface area contributed by atoms with Gasteiger partial charge in [0.05, 0.1) is 18.1 Å². The third kappa shape index (κ3) is 4.08. The van der Waals surface area contributed by atoms with Crippen molar-refractivity contribution in [1.82, 2.24) is 15.3 Å². The van der Waals surface area contributed by atoms with Crippen LogP contribution >= 0.6 is 0 Å². The summed E-state index contributed by atoms with van der Waals surface area (Å²) in [6.07, 6.45) is 3.19. The van der Waals surface area contributed by atoms with Crippen molar-refractivity contribution in [2.75, 3.05) is 16.8 Å². The Morgan fingerprint density at radius 1 is 1.18 bits per heavy atom. The Morgan fingerprint density at radius 3 is 2.36 bits per heavy atom. The molecule has 1 atom stereocenters. The van der Waals surface area contributed by atoms with Gasteiger partial charge in [0.15, 0.2) is 0 Å². The molecule has 1 aliphatic rings. The van der Waals surface area contributed by atoms with Crippen LogP contribution in [0.3, 0.4) is 0 Å². The van der Waals surface area contributed by atoms with E-state index in [0.717, 1.165) is 17.0 Å². The molecule has 0 spiro atoms. The van der Waals surface area contributed by atoms with E-state index in [1.807, 2.05) is 20.8 Å². The SMILES string of the molecule is CC(C)(C)c1ncc(NC(=O)N[C@H]2CCN(c3c(F)cccc3F)C2=O)cn1. The predicted molar refractivity (Wildman–Crippen MR) is 100 cm³/mol. The quantitative estimate of drug-likeness (QED) is 0.845. The van der Waals surface area contributed by atoms with Crippen molar-refractivity contribution in [2.45, 2.75) is 38.6 Å². The number of benzene rings is 1. The molecule has 3 amide bonds. The van der Waals surface area contributed by atoms with Crippen LogP contribution in [0.1, 0.15) is 33.0 Å². The zero-order valence-electron chi connectivity index (χ0n) is 15.8. The van der Waals surface area contributed by atoms with Crippen molar-refractivity contribution in [2.24, 2.45) is 0 Å². The first-order valence-corrected chi connectivity index (χ1v) is 8.82. The number of amides is 3. The lowest BCUT2D eigenvalue weighted by molar-refractivity contribution is -0.118. The highest BCUT2D eigenvalue weighted by Gasteiger charge is 2.36. The maximum atomic E-state index is 13.9. The molecule has 28 heavy (non-hydrogen) atoms. The maximum Gasteiger partial charge on any atom is 0.319 e. The van der Waals surface area contributed by atoms with E-state index >= 15 is 0 Å². The fourth-order valence-corrected chi connectivity index (χ4v) is 2.89. The number of hydrogen-bond acceptors (Lipinski definition) is 4. The smallest absolute Gasteiger partial charge is 0.319 e. The summed E-state index contributed by atoms with van der Waals surface area (Å²) in [7, 11) is 0. The van der Waals surface area contributed by atoms with Gasteiger partial charge in [0, 0.05) is 12.0 Å². The second kappa shape index (κ2) is 7.49. The molecular formula is C19H21F2N5O2. The molecule has 3 rings (SSSR count). The van der Waals surface area contributed by atoms with Crippen molar-refractivity contribution >= 4 is 23.3 Å². The number of hydrogen-bond donors (Lipinski definition) is 2. The van der Waals surface area contributed by atoms with Crippen LogP contribution in [0.5, 0.6) is 0 Å². The second-order valence-electron chi connectivity index (χ2n) is 7.55. The number of carbonyl (C=O) groups excluding carboxylic acids is 2. The van der Waals surface area contributed by atoms with Gasteiger partial charge in [-0.15, -0.1) is 0 Å². The van der Waals surface area contributed by atoms with Gasteiger partial charge in [-0.3, -0.25) is 4.79 Å². The molecule has 9 heteroatoms. The first kappa shape index (κ1) is 19.7. The van der Waals surface area contributed by atoms with Crippen LogP contribution in [-0.4, -0.2) is 34.5 Å². The van der Waals surface area contributed by atoms with Gasteiger partial charge in [-0.05, 0) is 18.6 Å². The Morgan fingerprint density at radius 2 is 1.79 bits per heavy atom. The molecule has 0 saturated carbocycles. The minimum atomic E-state index is -0.881. The zero-order valence-corrected chi connectivity index (χ0v) is 15.8. The molecule has 148 valence electrons. The van der Waals surface area contributed by atoms with Gasteiger partial charge in [-0.2, -0.15) is 0 Å². The van der Waals surface area contributed by atoms with Gasteiger partial charge in [-0.25, -0.2) is 23.5 Å². The van der Waals surface area contributed by atoms with Gasteiger partial charge in [0.1, 0.15) is 29.2 Å². The van der Waals surface area contributed by atoms with Gasteiger partial charge >= 0.3 is 6.03 Å². The number of nitrogens with zero attached hydrogens (tertiary/aromatic N) is 3. The standard InChI is InChI=1S/C19H21F2N5O2/c1-19(2,3)17-22-9-11(10-23-17)24-18(28)25-14-7-8-26(16(14)27)15-12(20)5-4-6-13(15)21/h4-6,9-10,14H,7-8H2,1-3H3,(H2,24,25,28)/t14-/m0/s1. The van der Waals surface area contributed by atoms with Crippen molar-refractivity contribution in [3.8, 4) is 0 Å². The third-order valence-corrected chi connectivity index (χ3v) is 4.30. The number of anilines is 2. The van der Waals surface area contributed by atoms with Crippen LogP contribution in [0.25, 0.3) is 0 Å². The highest BCUT2D eigenvalue weighted by Crippen LogP contribution is 2.27.